The predicted molar refractivity (Wildman–Crippen MR) is 103 cm³/mol. The molecule has 0 unspecified atom stereocenters. The van der Waals surface area contributed by atoms with E-state index in [4.69, 9.17) is 0 Å². The lowest BCUT2D eigenvalue weighted by atomic mass is 9.87. The summed E-state index contributed by atoms with van der Waals surface area (Å²) in [5.41, 5.74) is 3.34. The smallest absolute Gasteiger partial charge is 0.251 e. The Morgan fingerprint density at radius 3 is 2.40 bits per heavy atom. The van der Waals surface area contributed by atoms with Crippen molar-refractivity contribution in [2.75, 3.05) is 32.7 Å². The second kappa shape index (κ2) is 8.33. The maximum atomic E-state index is 12.7. The van der Waals surface area contributed by atoms with E-state index in [2.05, 4.69) is 29.4 Å². The van der Waals surface area contributed by atoms with Gasteiger partial charge in [0.25, 0.3) is 5.91 Å². The Kier molecular flexibility index (Phi) is 6.13. The van der Waals surface area contributed by atoms with E-state index >= 15 is 0 Å². The van der Waals surface area contributed by atoms with Crippen LogP contribution in [0.1, 0.15) is 60.0 Å². The van der Waals surface area contributed by atoms with Crippen LogP contribution >= 0.6 is 0 Å². The lowest BCUT2D eigenvalue weighted by Gasteiger charge is -2.46. The molecule has 2 aliphatic rings. The van der Waals surface area contributed by atoms with Crippen molar-refractivity contribution < 1.29 is 4.79 Å². The van der Waals surface area contributed by atoms with Crippen molar-refractivity contribution in [2.45, 2.75) is 57.9 Å². The first-order chi connectivity index (χ1) is 12.1. The minimum absolute atomic E-state index is 0.0712. The van der Waals surface area contributed by atoms with Crippen molar-refractivity contribution in [1.82, 2.24) is 15.5 Å². The summed E-state index contributed by atoms with van der Waals surface area (Å²) in [7, 11) is 0. The van der Waals surface area contributed by atoms with Crippen LogP contribution in [0.4, 0.5) is 0 Å². The summed E-state index contributed by atoms with van der Waals surface area (Å²) in [6.45, 7) is 9.25. The van der Waals surface area contributed by atoms with Crippen molar-refractivity contribution in [1.29, 1.82) is 0 Å². The molecule has 1 heterocycles. The van der Waals surface area contributed by atoms with Crippen LogP contribution in [0, 0.1) is 13.8 Å². The first-order valence-corrected chi connectivity index (χ1v) is 9.92. The Labute approximate surface area is 152 Å². The highest BCUT2D eigenvalue weighted by atomic mass is 16.1. The Morgan fingerprint density at radius 1 is 1.08 bits per heavy atom. The van der Waals surface area contributed by atoms with Crippen molar-refractivity contribution >= 4 is 5.91 Å². The summed E-state index contributed by atoms with van der Waals surface area (Å²) in [6.07, 6.45) is 7.64. The van der Waals surface area contributed by atoms with Gasteiger partial charge in [-0.05, 0) is 49.9 Å². The number of benzene rings is 1. The van der Waals surface area contributed by atoms with Gasteiger partial charge in [0.15, 0.2) is 0 Å². The molecule has 4 nitrogen and oxygen atoms in total. The molecule has 2 fully saturated rings. The first kappa shape index (κ1) is 18.4. The Bertz CT molecular complexity index is 585. The summed E-state index contributed by atoms with van der Waals surface area (Å²) < 4.78 is 0. The molecular weight excluding hydrogens is 310 g/mol. The molecule has 0 atom stereocenters. The molecule has 0 spiro atoms. The van der Waals surface area contributed by atoms with E-state index in [1.54, 1.807) is 0 Å². The highest BCUT2D eigenvalue weighted by Crippen LogP contribution is 2.32. The Morgan fingerprint density at radius 2 is 1.76 bits per heavy atom. The van der Waals surface area contributed by atoms with E-state index in [0.717, 1.165) is 38.3 Å². The van der Waals surface area contributed by atoms with Crippen LogP contribution in [-0.4, -0.2) is 49.1 Å². The Balaban J connectivity index is 1.71. The topological polar surface area (TPSA) is 44.4 Å². The average Bonchev–Trinajstić information content (AvgIpc) is 2.89. The van der Waals surface area contributed by atoms with Gasteiger partial charge in [0.1, 0.15) is 0 Å². The van der Waals surface area contributed by atoms with Crippen LogP contribution < -0.4 is 10.6 Å². The van der Waals surface area contributed by atoms with Crippen LogP contribution in [0.2, 0.25) is 0 Å². The fourth-order valence-corrected chi connectivity index (χ4v) is 4.36. The average molecular weight is 344 g/mol. The number of nitrogens with zero attached hydrogens (tertiary/aromatic N) is 1. The van der Waals surface area contributed by atoms with E-state index in [-0.39, 0.29) is 11.4 Å². The van der Waals surface area contributed by atoms with Gasteiger partial charge in [-0.15, -0.1) is 0 Å². The van der Waals surface area contributed by atoms with Crippen molar-refractivity contribution in [3.05, 3.63) is 34.9 Å². The zero-order valence-corrected chi connectivity index (χ0v) is 15.9. The number of carbonyl (C=O) groups excluding carboxylic acids is 1. The van der Waals surface area contributed by atoms with Crippen molar-refractivity contribution in [3.63, 3.8) is 0 Å². The van der Waals surface area contributed by atoms with Crippen LogP contribution in [0.3, 0.4) is 0 Å². The van der Waals surface area contributed by atoms with Crippen molar-refractivity contribution in [2.24, 2.45) is 0 Å². The normalized spacial score (nSPS) is 21.5. The summed E-state index contributed by atoms with van der Waals surface area (Å²) in [4.78, 5) is 15.4. The molecular formula is C21H33N3O. The number of carbonyl (C=O) groups is 1. The lowest BCUT2D eigenvalue weighted by molar-refractivity contribution is 0.0544. The molecule has 0 aromatic heterocycles. The molecule has 1 saturated carbocycles. The first-order valence-electron chi connectivity index (χ1n) is 9.92. The van der Waals surface area contributed by atoms with E-state index in [1.165, 1.54) is 49.7 Å². The van der Waals surface area contributed by atoms with E-state index < -0.39 is 0 Å². The van der Waals surface area contributed by atoms with Gasteiger partial charge in [-0.25, -0.2) is 0 Å². The highest BCUT2D eigenvalue weighted by Gasteiger charge is 2.37. The molecule has 2 N–H and O–H groups in total. The van der Waals surface area contributed by atoms with Gasteiger partial charge < -0.3 is 10.6 Å². The highest BCUT2D eigenvalue weighted by molar-refractivity contribution is 5.94. The maximum absolute atomic E-state index is 12.7. The monoisotopic (exact) mass is 343 g/mol. The van der Waals surface area contributed by atoms with E-state index in [0.29, 0.717) is 0 Å². The molecule has 1 aromatic carbocycles. The molecule has 1 amide bonds. The number of hydrogen-bond acceptors (Lipinski definition) is 3. The summed E-state index contributed by atoms with van der Waals surface area (Å²) >= 11 is 0. The van der Waals surface area contributed by atoms with Crippen LogP contribution in [0.15, 0.2) is 18.2 Å². The maximum Gasteiger partial charge on any atom is 0.251 e. The van der Waals surface area contributed by atoms with Crippen LogP contribution in [0.25, 0.3) is 0 Å². The standard InChI is InChI=1S/C21H33N3O/c1-17-7-8-19(15-18(17)2)20(25)23-16-21(9-5-3-4-6-10-21)24-13-11-22-12-14-24/h7-8,15,22H,3-6,9-14,16H2,1-2H3,(H,23,25). The van der Waals surface area contributed by atoms with E-state index in [1.807, 2.05) is 18.2 Å². The van der Waals surface area contributed by atoms with Crippen LogP contribution in [0.5, 0.6) is 0 Å². The second-order valence-corrected chi connectivity index (χ2v) is 7.86. The second-order valence-electron chi connectivity index (χ2n) is 7.86. The third-order valence-corrected chi connectivity index (χ3v) is 6.17. The minimum Gasteiger partial charge on any atom is -0.350 e. The zero-order chi connectivity index (χ0) is 17.7. The lowest BCUT2D eigenvalue weighted by Crippen LogP contribution is -2.60. The number of amides is 1. The van der Waals surface area contributed by atoms with Crippen molar-refractivity contribution in [3.8, 4) is 0 Å². The molecule has 3 rings (SSSR count). The number of nitrogens with one attached hydrogen (secondary N) is 2. The molecule has 1 saturated heterocycles. The minimum atomic E-state index is 0.0712. The van der Waals surface area contributed by atoms with Gasteiger partial charge in [0.2, 0.25) is 0 Å². The number of piperazine rings is 1. The van der Waals surface area contributed by atoms with E-state index in [9.17, 15) is 4.79 Å². The third-order valence-electron chi connectivity index (χ3n) is 6.17. The molecule has 1 aliphatic heterocycles. The van der Waals surface area contributed by atoms with Gasteiger partial charge in [0.05, 0.1) is 0 Å². The fraction of sp³-hybridized carbons (Fsp3) is 0.667. The molecule has 4 heteroatoms. The fourth-order valence-electron chi connectivity index (χ4n) is 4.36. The number of rotatable bonds is 4. The molecule has 0 radical (unpaired) electrons. The summed E-state index contributed by atoms with van der Waals surface area (Å²) in [5, 5.41) is 6.74. The van der Waals surface area contributed by atoms with Gasteiger partial charge >= 0.3 is 0 Å². The summed E-state index contributed by atoms with van der Waals surface area (Å²) in [6, 6.07) is 6.00. The molecule has 0 bridgehead atoms. The SMILES string of the molecule is Cc1ccc(C(=O)NCC2(N3CCNCC3)CCCCCC2)cc1C. The molecule has 1 aliphatic carbocycles. The van der Waals surface area contributed by atoms with Gasteiger partial charge in [-0.2, -0.15) is 0 Å². The largest absolute Gasteiger partial charge is 0.350 e. The Hall–Kier alpha value is -1.39. The quantitative estimate of drug-likeness (QED) is 0.826. The molecule has 25 heavy (non-hydrogen) atoms. The van der Waals surface area contributed by atoms with Gasteiger partial charge in [-0.1, -0.05) is 31.7 Å². The number of aryl methyl sites for hydroxylation is 2. The third kappa shape index (κ3) is 4.42. The van der Waals surface area contributed by atoms with Crippen LogP contribution in [-0.2, 0) is 0 Å². The molecule has 138 valence electrons. The van der Waals surface area contributed by atoms with Gasteiger partial charge in [0, 0.05) is 43.8 Å². The molecule has 1 aromatic rings. The predicted octanol–water partition coefficient (Wildman–Crippen LogP) is 3.03. The van der Waals surface area contributed by atoms with Gasteiger partial charge in [-0.3, -0.25) is 9.69 Å². The number of hydrogen-bond donors (Lipinski definition) is 2. The zero-order valence-electron chi connectivity index (χ0n) is 15.9. The summed E-state index contributed by atoms with van der Waals surface area (Å²) in [5.74, 6) is 0.0712.